The van der Waals surface area contributed by atoms with Gasteiger partial charge >= 0.3 is 0 Å². The van der Waals surface area contributed by atoms with Gasteiger partial charge in [0.2, 0.25) is 10.0 Å². The molecule has 0 spiro atoms. The van der Waals surface area contributed by atoms with Crippen LogP contribution in [0.3, 0.4) is 0 Å². The van der Waals surface area contributed by atoms with E-state index >= 15 is 0 Å². The van der Waals surface area contributed by atoms with E-state index in [-0.39, 0.29) is 18.4 Å². The Morgan fingerprint density at radius 1 is 1.00 bits per heavy atom. The number of nitrogens with zero attached hydrogens (tertiary/aromatic N) is 1. The van der Waals surface area contributed by atoms with Crippen LogP contribution in [0.4, 0.5) is 0 Å². The van der Waals surface area contributed by atoms with Crippen LogP contribution in [0.1, 0.15) is 12.8 Å². The molecule has 0 aromatic heterocycles. The number of rotatable bonds is 8. The van der Waals surface area contributed by atoms with E-state index in [1.165, 1.54) is 10.6 Å². The Labute approximate surface area is 171 Å². The first kappa shape index (κ1) is 21.1. The molecule has 7 nitrogen and oxygen atoms in total. The highest BCUT2D eigenvalue weighted by Crippen LogP contribution is 2.23. The highest BCUT2D eigenvalue weighted by molar-refractivity contribution is 7.88. The molecule has 8 heteroatoms. The summed E-state index contributed by atoms with van der Waals surface area (Å²) >= 11 is 0. The predicted octanol–water partition coefficient (Wildman–Crippen LogP) is 2.65. The molecule has 1 N–H and O–H groups in total. The molecule has 1 heterocycles. The van der Waals surface area contributed by atoms with Crippen molar-refractivity contribution in [3.05, 3.63) is 54.6 Å². The average Bonchev–Trinajstić information content (AvgIpc) is 2.72. The zero-order chi connectivity index (χ0) is 20.7. The van der Waals surface area contributed by atoms with Gasteiger partial charge in [0.1, 0.15) is 17.2 Å². The van der Waals surface area contributed by atoms with Crippen molar-refractivity contribution in [1.29, 1.82) is 0 Å². The largest absolute Gasteiger partial charge is 0.484 e. The molecule has 2 aromatic carbocycles. The molecule has 1 saturated heterocycles. The van der Waals surface area contributed by atoms with Crippen molar-refractivity contribution < 1.29 is 22.7 Å². The first-order valence-electron chi connectivity index (χ1n) is 9.58. The van der Waals surface area contributed by atoms with Crippen LogP contribution >= 0.6 is 0 Å². The van der Waals surface area contributed by atoms with E-state index < -0.39 is 10.0 Å². The topological polar surface area (TPSA) is 84.9 Å². The fourth-order valence-electron chi connectivity index (χ4n) is 3.13. The van der Waals surface area contributed by atoms with Crippen molar-refractivity contribution in [2.75, 3.05) is 32.5 Å². The molecule has 0 radical (unpaired) electrons. The highest BCUT2D eigenvalue weighted by atomic mass is 32.2. The monoisotopic (exact) mass is 418 g/mol. The Hall–Kier alpha value is -2.58. The number of carbonyl (C=O) groups excluding carboxylic acids is 1. The molecule has 0 atom stereocenters. The normalized spacial score (nSPS) is 15.6. The first-order chi connectivity index (χ1) is 13.9. The zero-order valence-corrected chi connectivity index (χ0v) is 17.2. The maximum Gasteiger partial charge on any atom is 0.257 e. The van der Waals surface area contributed by atoms with Crippen LogP contribution in [0.2, 0.25) is 0 Å². The molecule has 1 amide bonds. The van der Waals surface area contributed by atoms with E-state index in [1.54, 1.807) is 24.3 Å². The summed E-state index contributed by atoms with van der Waals surface area (Å²) < 4.78 is 35.8. The fourth-order valence-corrected chi connectivity index (χ4v) is 4.01. The minimum atomic E-state index is -3.12. The number of nitrogens with one attached hydrogen (secondary N) is 1. The number of carbonyl (C=O) groups is 1. The molecular formula is C21H26N2O5S. The van der Waals surface area contributed by atoms with Gasteiger partial charge in [0.15, 0.2) is 6.61 Å². The van der Waals surface area contributed by atoms with Gasteiger partial charge in [-0.2, -0.15) is 0 Å². The van der Waals surface area contributed by atoms with Gasteiger partial charge in [-0.25, -0.2) is 12.7 Å². The van der Waals surface area contributed by atoms with Crippen molar-refractivity contribution in [3.63, 3.8) is 0 Å². The van der Waals surface area contributed by atoms with Gasteiger partial charge in [-0.05, 0) is 55.2 Å². The van der Waals surface area contributed by atoms with Gasteiger partial charge in [-0.15, -0.1) is 0 Å². The lowest BCUT2D eigenvalue weighted by Crippen LogP contribution is -2.41. The van der Waals surface area contributed by atoms with Crippen LogP contribution in [0.15, 0.2) is 54.6 Å². The van der Waals surface area contributed by atoms with Gasteiger partial charge in [0.05, 0.1) is 6.26 Å². The summed E-state index contributed by atoms with van der Waals surface area (Å²) in [4.78, 5) is 12.0. The van der Waals surface area contributed by atoms with Crippen LogP contribution in [-0.4, -0.2) is 51.1 Å². The van der Waals surface area contributed by atoms with Crippen molar-refractivity contribution in [2.24, 2.45) is 5.92 Å². The molecule has 3 rings (SSSR count). The number of hydrogen-bond acceptors (Lipinski definition) is 5. The smallest absolute Gasteiger partial charge is 0.257 e. The number of benzene rings is 2. The van der Waals surface area contributed by atoms with Crippen LogP contribution in [0.25, 0.3) is 0 Å². The molecule has 2 aromatic rings. The molecular weight excluding hydrogens is 392 g/mol. The van der Waals surface area contributed by atoms with Gasteiger partial charge < -0.3 is 14.8 Å². The van der Waals surface area contributed by atoms with Gasteiger partial charge in [-0.3, -0.25) is 4.79 Å². The van der Waals surface area contributed by atoms with Crippen molar-refractivity contribution >= 4 is 15.9 Å². The first-order valence-corrected chi connectivity index (χ1v) is 11.4. The molecule has 1 aliphatic heterocycles. The Morgan fingerprint density at radius 2 is 1.59 bits per heavy atom. The zero-order valence-electron chi connectivity index (χ0n) is 16.4. The molecule has 0 unspecified atom stereocenters. The summed E-state index contributed by atoms with van der Waals surface area (Å²) in [7, 11) is -3.12. The quantitative estimate of drug-likeness (QED) is 0.712. The lowest BCUT2D eigenvalue weighted by molar-refractivity contribution is -0.123. The summed E-state index contributed by atoms with van der Waals surface area (Å²) in [6.45, 7) is 1.48. The molecule has 0 aliphatic carbocycles. The molecule has 156 valence electrons. The fraction of sp³-hybridized carbons (Fsp3) is 0.381. The number of piperidine rings is 1. The van der Waals surface area contributed by atoms with Crippen molar-refractivity contribution in [2.45, 2.75) is 12.8 Å². The maximum absolute atomic E-state index is 12.0. The van der Waals surface area contributed by atoms with Gasteiger partial charge in [-0.1, -0.05) is 18.2 Å². The lowest BCUT2D eigenvalue weighted by Gasteiger charge is -2.30. The second-order valence-corrected chi connectivity index (χ2v) is 9.07. The number of hydrogen-bond donors (Lipinski definition) is 1. The van der Waals surface area contributed by atoms with E-state index in [2.05, 4.69) is 5.32 Å². The number of sulfonamides is 1. The third kappa shape index (κ3) is 6.76. The Balaban J connectivity index is 1.36. The SMILES string of the molecule is CS(=O)(=O)N1CCC(CNC(=O)COc2ccc(Oc3ccccc3)cc2)CC1. The van der Waals surface area contributed by atoms with E-state index in [1.807, 2.05) is 30.3 Å². The van der Waals surface area contributed by atoms with E-state index in [9.17, 15) is 13.2 Å². The predicted molar refractivity (Wildman–Crippen MR) is 111 cm³/mol. The number of ether oxygens (including phenoxy) is 2. The van der Waals surface area contributed by atoms with Crippen LogP contribution in [0.5, 0.6) is 17.2 Å². The maximum atomic E-state index is 12.0. The minimum Gasteiger partial charge on any atom is -0.484 e. The van der Waals surface area contributed by atoms with E-state index in [0.717, 1.165) is 18.6 Å². The average molecular weight is 419 g/mol. The highest BCUT2D eigenvalue weighted by Gasteiger charge is 2.24. The minimum absolute atomic E-state index is 0.0684. The number of para-hydroxylation sites is 1. The Kier molecular flexibility index (Phi) is 7.11. The van der Waals surface area contributed by atoms with Gasteiger partial charge in [0, 0.05) is 19.6 Å². The summed E-state index contributed by atoms with van der Waals surface area (Å²) in [6.07, 6.45) is 2.72. The van der Waals surface area contributed by atoms with Gasteiger partial charge in [0.25, 0.3) is 5.91 Å². The van der Waals surface area contributed by atoms with E-state index in [4.69, 9.17) is 9.47 Å². The van der Waals surface area contributed by atoms with Crippen LogP contribution in [-0.2, 0) is 14.8 Å². The second kappa shape index (κ2) is 9.76. The third-order valence-corrected chi connectivity index (χ3v) is 6.11. The molecule has 0 saturated carbocycles. The van der Waals surface area contributed by atoms with Crippen molar-refractivity contribution in [3.8, 4) is 17.2 Å². The lowest BCUT2D eigenvalue weighted by atomic mass is 9.98. The summed E-state index contributed by atoms with van der Waals surface area (Å²) in [6, 6.07) is 16.6. The van der Waals surface area contributed by atoms with E-state index in [0.29, 0.717) is 31.1 Å². The molecule has 0 bridgehead atoms. The summed E-state index contributed by atoms with van der Waals surface area (Å²) in [5.74, 6) is 2.12. The van der Waals surface area contributed by atoms with Crippen LogP contribution in [0, 0.1) is 5.92 Å². The molecule has 1 aliphatic rings. The number of amides is 1. The summed E-state index contributed by atoms with van der Waals surface area (Å²) in [5.41, 5.74) is 0. The second-order valence-electron chi connectivity index (χ2n) is 7.08. The summed E-state index contributed by atoms with van der Waals surface area (Å²) in [5, 5.41) is 2.86. The third-order valence-electron chi connectivity index (χ3n) is 4.80. The molecule has 29 heavy (non-hydrogen) atoms. The standard InChI is InChI=1S/C21H26N2O5S/c1-29(25,26)23-13-11-17(12-14-23)15-22-21(24)16-27-18-7-9-20(10-8-18)28-19-5-3-2-4-6-19/h2-10,17H,11-16H2,1H3,(H,22,24). The Bertz CT molecular complexity index is 892. The molecule has 1 fully saturated rings. The van der Waals surface area contributed by atoms with Crippen LogP contribution < -0.4 is 14.8 Å². The Morgan fingerprint density at radius 3 is 2.21 bits per heavy atom. The van der Waals surface area contributed by atoms with Crippen molar-refractivity contribution in [1.82, 2.24) is 9.62 Å².